The summed E-state index contributed by atoms with van der Waals surface area (Å²) in [7, 11) is 1.59. The number of carbonyl (C=O) groups excluding carboxylic acids is 2. The van der Waals surface area contributed by atoms with Gasteiger partial charge >= 0.3 is 5.97 Å². The van der Waals surface area contributed by atoms with Crippen LogP contribution in [-0.4, -0.2) is 29.1 Å². The Morgan fingerprint density at radius 3 is 2.43 bits per heavy atom. The lowest BCUT2D eigenvalue weighted by Gasteiger charge is -2.05. The van der Waals surface area contributed by atoms with E-state index in [1.807, 2.05) is 12.1 Å². The van der Waals surface area contributed by atoms with Crippen molar-refractivity contribution in [2.24, 2.45) is 0 Å². The average Bonchev–Trinajstić information content (AvgIpc) is 3.20. The number of rotatable bonds is 7. The summed E-state index contributed by atoms with van der Waals surface area (Å²) in [5.74, 6) is 0.703. The molecule has 0 aliphatic carbocycles. The monoisotopic (exact) mass is 381 g/mol. The van der Waals surface area contributed by atoms with Gasteiger partial charge in [0.05, 0.1) is 12.7 Å². The van der Waals surface area contributed by atoms with E-state index >= 15 is 0 Å². The Morgan fingerprint density at radius 1 is 1.07 bits per heavy atom. The summed E-state index contributed by atoms with van der Waals surface area (Å²) in [6.45, 7) is 1.72. The first-order valence-corrected chi connectivity index (χ1v) is 8.52. The number of carbonyl (C=O) groups is 2. The van der Waals surface area contributed by atoms with Gasteiger partial charge < -0.3 is 19.3 Å². The second kappa shape index (κ2) is 8.81. The Bertz CT molecular complexity index is 949. The molecule has 0 aliphatic heterocycles. The quantitative estimate of drug-likeness (QED) is 0.628. The van der Waals surface area contributed by atoms with E-state index in [9.17, 15) is 9.59 Å². The lowest BCUT2D eigenvalue weighted by Crippen LogP contribution is -2.18. The van der Waals surface area contributed by atoms with Gasteiger partial charge in [-0.2, -0.15) is 4.98 Å². The molecule has 0 saturated heterocycles. The zero-order chi connectivity index (χ0) is 19.9. The first kappa shape index (κ1) is 19.1. The third kappa shape index (κ3) is 4.94. The summed E-state index contributed by atoms with van der Waals surface area (Å²) < 4.78 is 15.4. The molecule has 0 unspecified atom stereocenters. The van der Waals surface area contributed by atoms with E-state index in [-0.39, 0.29) is 18.4 Å². The standard InChI is InChI=1S/C20H19N3O5/c1-13(24)21-11-14-3-5-16(6-4-14)20(25)27-12-18-22-19(23-28-18)15-7-9-17(26-2)10-8-15/h3-10H,11-12H2,1-2H3,(H,21,24). The second-order valence-electron chi connectivity index (χ2n) is 5.92. The van der Waals surface area contributed by atoms with E-state index < -0.39 is 5.97 Å². The molecule has 144 valence electrons. The number of hydrogen-bond acceptors (Lipinski definition) is 7. The molecule has 2 aromatic carbocycles. The van der Waals surface area contributed by atoms with Gasteiger partial charge in [-0.05, 0) is 42.0 Å². The minimum atomic E-state index is -0.504. The Balaban J connectivity index is 1.55. The van der Waals surface area contributed by atoms with Gasteiger partial charge in [-0.15, -0.1) is 0 Å². The molecule has 1 aromatic heterocycles. The Labute approximate surface area is 161 Å². The highest BCUT2D eigenvalue weighted by Gasteiger charge is 2.13. The highest BCUT2D eigenvalue weighted by atomic mass is 16.6. The third-order valence-electron chi connectivity index (χ3n) is 3.87. The van der Waals surface area contributed by atoms with E-state index in [1.165, 1.54) is 6.92 Å². The summed E-state index contributed by atoms with van der Waals surface area (Å²) in [6.07, 6.45) is 0. The number of nitrogens with one attached hydrogen (secondary N) is 1. The van der Waals surface area contributed by atoms with Gasteiger partial charge in [0.25, 0.3) is 5.89 Å². The van der Waals surface area contributed by atoms with Crippen molar-refractivity contribution in [2.75, 3.05) is 7.11 Å². The number of nitrogens with zero attached hydrogens (tertiary/aromatic N) is 2. The third-order valence-corrected chi connectivity index (χ3v) is 3.87. The molecule has 0 fully saturated rings. The molecular weight excluding hydrogens is 362 g/mol. The molecule has 3 rings (SSSR count). The molecule has 1 N–H and O–H groups in total. The maximum Gasteiger partial charge on any atom is 0.338 e. The number of esters is 1. The minimum absolute atomic E-state index is 0.114. The number of amides is 1. The summed E-state index contributed by atoms with van der Waals surface area (Å²) in [5, 5.41) is 6.58. The lowest BCUT2D eigenvalue weighted by molar-refractivity contribution is -0.119. The van der Waals surface area contributed by atoms with Crippen molar-refractivity contribution < 1.29 is 23.6 Å². The van der Waals surface area contributed by atoms with E-state index in [4.69, 9.17) is 14.0 Å². The van der Waals surface area contributed by atoms with Gasteiger partial charge in [-0.25, -0.2) is 4.79 Å². The van der Waals surface area contributed by atoms with Crippen molar-refractivity contribution in [3.63, 3.8) is 0 Å². The van der Waals surface area contributed by atoms with E-state index in [1.54, 1.807) is 43.5 Å². The largest absolute Gasteiger partial charge is 0.497 e. The zero-order valence-corrected chi connectivity index (χ0v) is 15.5. The molecule has 8 heteroatoms. The van der Waals surface area contributed by atoms with Gasteiger partial charge in [0, 0.05) is 19.0 Å². The van der Waals surface area contributed by atoms with Crippen LogP contribution in [0.3, 0.4) is 0 Å². The van der Waals surface area contributed by atoms with Crippen molar-refractivity contribution in [1.29, 1.82) is 0 Å². The van der Waals surface area contributed by atoms with Crippen LogP contribution in [0, 0.1) is 0 Å². The van der Waals surface area contributed by atoms with Crippen LogP contribution in [0.15, 0.2) is 53.1 Å². The lowest BCUT2D eigenvalue weighted by atomic mass is 10.1. The zero-order valence-electron chi connectivity index (χ0n) is 15.5. The number of ether oxygens (including phenoxy) is 2. The minimum Gasteiger partial charge on any atom is -0.497 e. The molecule has 0 aliphatic rings. The van der Waals surface area contributed by atoms with E-state index in [0.29, 0.717) is 17.9 Å². The molecule has 0 atom stereocenters. The normalized spacial score (nSPS) is 10.4. The van der Waals surface area contributed by atoms with Crippen LogP contribution >= 0.6 is 0 Å². The Hall–Kier alpha value is -3.68. The van der Waals surface area contributed by atoms with Crippen LogP contribution in [0.4, 0.5) is 0 Å². The molecule has 1 heterocycles. The van der Waals surface area contributed by atoms with Crippen molar-refractivity contribution in [3.05, 3.63) is 65.5 Å². The summed E-state index contributed by atoms with van der Waals surface area (Å²) >= 11 is 0. The van der Waals surface area contributed by atoms with Gasteiger partial charge in [-0.3, -0.25) is 4.79 Å². The Morgan fingerprint density at radius 2 is 1.79 bits per heavy atom. The maximum atomic E-state index is 12.1. The molecule has 8 nitrogen and oxygen atoms in total. The van der Waals surface area contributed by atoms with Crippen LogP contribution in [0.5, 0.6) is 5.75 Å². The van der Waals surface area contributed by atoms with E-state index in [0.717, 1.165) is 16.9 Å². The summed E-state index contributed by atoms with van der Waals surface area (Å²) in [4.78, 5) is 27.3. The first-order chi connectivity index (χ1) is 13.5. The predicted molar refractivity (Wildman–Crippen MR) is 99.4 cm³/mol. The van der Waals surface area contributed by atoms with Gasteiger partial charge in [0.15, 0.2) is 6.61 Å². The summed E-state index contributed by atoms with van der Waals surface area (Å²) in [6, 6.07) is 14.0. The fourth-order valence-corrected chi connectivity index (χ4v) is 2.37. The molecule has 0 saturated carbocycles. The number of methoxy groups -OCH3 is 1. The molecule has 28 heavy (non-hydrogen) atoms. The van der Waals surface area contributed by atoms with Gasteiger partial charge in [0.1, 0.15) is 5.75 Å². The van der Waals surface area contributed by atoms with Crippen LogP contribution in [0.25, 0.3) is 11.4 Å². The van der Waals surface area contributed by atoms with Gasteiger partial charge in [0.2, 0.25) is 11.7 Å². The molecule has 0 spiro atoms. The fraction of sp³-hybridized carbons (Fsp3) is 0.200. The molecular formula is C20H19N3O5. The molecule has 0 bridgehead atoms. The number of benzene rings is 2. The number of aromatic nitrogens is 2. The van der Waals surface area contributed by atoms with Crippen molar-refractivity contribution in [1.82, 2.24) is 15.5 Å². The highest BCUT2D eigenvalue weighted by molar-refractivity contribution is 5.89. The van der Waals surface area contributed by atoms with E-state index in [2.05, 4.69) is 15.5 Å². The maximum absolute atomic E-state index is 12.1. The molecule has 0 radical (unpaired) electrons. The topological polar surface area (TPSA) is 104 Å². The highest BCUT2D eigenvalue weighted by Crippen LogP contribution is 2.20. The van der Waals surface area contributed by atoms with Crippen molar-refractivity contribution >= 4 is 11.9 Å². The van der Waals surface area contributed by atoms with Crippen LogP contribution in [-0.2, 0) is 22.7 Å². The first-order valence-electron chi connectivity index (χ1n) is 8.52. The molecule has 1 amide bonds. The van der Waals surface area contributed by atoms with Crippen molar-refractivity contribution in [3.8, 4) is 17.1 Å². The predicted octanol–water partition coefficient (Wildman–Crippen LogP) is 2.74. The summed E-state index contributed by atoms with van der Waals surface area (Å²) in [5.41, 5.74) is 2.03. The number of hydrogen-bond donors (Lipinski definition) is 1. The SMILES string of the molecule is COc1ccc(-c2noc(COC(=O)c3ccc(CNC(C)=O)cc3)n2)cc1. The molecule has 3 aromatic rings. The average molecular weight is 381 g/mol. The van der Waals surface area contributed by atoms with Crippen LogP contribution in [0.2, 0.25) is 0 Å². The van der Waals surface area contributed by atoms with Crippen LogP contribution < -0.4 is 10.1 Å². The fourth-order valence-electron chi connectivity index (χ4n) is 2.37. The smallest absolute Gasteiger partial charge is 0.338 e. The Kier molecular flexibility index (Phi) is 6.01. The second-order valence-corrected chi connectivity index (χ2v) is 5.92. The van der Waals surface area contributed by atoms with Crippen molar-refractivity contribution in [2.45, 2.75) is 20.1 Å². The van der Waals surface area contributed by atoms with Gasteiger partial charge in [-0.1, -0.05) is 17.3 Å². The van der Waals surface area contributed by atoms with Crippen LogP contribution in [0.1, 0.15) is 28.7 Å².